The molecule has 1 aromatic heterocycles. The Morgan fingerprint density at radius 1 is 1.39 bits per heavy atom. The molecule has 1 fully saturated rings. The first-order chi connectivity index (χ1) is 8.45. The van der Waals surface area contributed by atoms with E-state index in [2.05, 4.69) is 4.98 Å². The number of ether oxygens (including phenoxy) is 1. The number of H-pyrrole nitrogens is 1. The number of aliphatic hydroxyl groups excluding tert-OH is 2. The van der Waals surface area contributed by atoms with E-state index in [1.165, 1.54) is 6.20 Å². The maximum atomic E-state index is 11.7. The number of aromatic nitrogens is 2. The Labute approximate surface area is 103 Å². The van der Waals surface area contributed by atoms with Crippen molar-refractivity contribution in [2.24, 2.45) is 0 Å². The summed E-state index contributed by atoms with van der Waals surface area (Å²) >= 11 is 0. The molecule has 0 saturated carbocycles. The second-order valence-electron chi connectivity index (χ2n) is 4.43. The largest absolute Gasteiger partial charge is 0.388 e. The Morgan fingerprint density at radius 3 is 2.61 bits per heavy atom. The highest BCUT2D eigenvalue weighted by Crippen LogP contribution is 2.29. The van der Waals surface area contributed by atoms with E-state index >= 15 is 0 Å². The van der Waals surface area contributed by atoms with E-state index in [9.17, 15) is 19.8 Å². The smallest absolute Gasteiger partial charge is 0.330 e. The van der Waals surface area contributed by atoms with Crippen LogP contribution < -0.4 is 11.2 Å². The predicted octanol–water partition coefficient (Wildman–Crippen LogP) is -1.13. The molecule has 1 aliphatic heterocycles. The van der Waals surface area contributed by atoms with Gasteiger partial charge in [0.25, 0.3) is 5.56 Å². The van der Waals surface area contributed by atoms with Crippen molar-refractivity contribution in [2.75, 3.05) is 0 Å². The van der Waals surface area contributed by atoms with E-state index in [1.807, 2.05) is 6.92 Å². The Balaban J connectivity index is 2.42. The number of nitrogens with zero attached hydrogens (tertiary/aromatic N) is 1. The van der Waals surface area contributed by atoms with Gasteiger partial charge >= 0.3 is 5.69 Å². The van der Waals surface area contributed by atoms with Crippen LogP contribution in [0.15, 0.2) is 15.8 Å². The second kappa shape index (κ2) is 4.68. The first kappa shape index (κ1) is 13.0. The van der Waals surface area contributed by atoms with Crippen molar-refractivity contribution >= 4 is 0 Å². The lowest BCUT2D eigenvalue weighted by Crippen LogP contribution is -2.38. The molecule has 100 valence electrons. The lowest BCUT2D eigenvalue weighted by Gasteiger charge is -2.17. The molecule has 2 rings (SSSR count). The van der Waals surface area contributed by atoms with Crippen LogP contribution in [0.3, 0.4) is 0 Å². The van der Waals surface area contributed by atoms with Crippen molar-refractivity contribution in [3.8, 4) is 0 Å². The molecule has 1 aromatic rings. The van der Waals surface area contributed by atoms with Crippen LogP contribution in [-0.4, -0.2) is 38.1 Å². The highest BCUT2D eigenvalue weighted by molar-refractivity contribution is 5.03. The summed E-state index contributed by atoms with van der Waals surface area (Å²) in [5.41, 5.74) is -0.810. The van der Waals surface area contributed by atoms with E-state index in [0.29, 0.717) is 12.0 Å². The molecule has 1 unspecified atom stereocenters. The number of aryl methyl sites for hydroxylation is 1. The zero-order chi connectivity index (χ0) is 13.4. The lowest BCUT2D eigenvalue weighted by atomic mass is 10.1. The Hall–Kier alpha value is -1.44. The van der Waals surface area contributed by atoms with Crippen LogP contribution in [0.5, 0.6) is 0 Å². The third kappa shape index (κ3) is 2.00. The number of aliphatic hydroxyl groups is 2. The quantitative estimate of drug-likeness (QED) is 0.621. The van der Waals surface area contributed by atoms with Gasteiger partial charge in [0.15, 0.2) is 6.23 Å². The summed E-state index contributed by atoms with van der Waals surface area (Å²) in [5, 5.41) is 19.6. The van der Waals surface area contributed by atoms with Gasteiger partial charge in [-0.2, -0.15) is 0 Å². The zero-order valence-electron chi connectivity index (χ0n) is 10.2. The van der Waals surface area contributed by atoms with Gasteiger partial charge in [-0.15, -0.1) is 0 Å². The molecule has 0 spiro atoms. The summed E-state index contributed by atoms with van der Waals surface area (Å²) in [6.07, 6.45) is -1.90. The van der Waals surface area contributed by atoms with Gasteiger partial charge in [0, 0.05) is 11.8 Å². The molecule has 0 amide bonds. The second-order valence-corrected chi connectivity index (χ2v) is 4.43. The number of hydrogen-bond acceptors (Lipinski definition) is 5. The maximum absolute atomic E-state index is 11.7. The third-order valence-electron chi connectivity index (χ3n) is 3.16. The summed E-state index contributed by atoms with van der Waals surface area (Å²) in [6, 6.07) is 0. The molecule has 0 aliphatic carbocycles. The summed E-state index contributed by atoms with van der Waals surface area (Å²) in [7, 11) is 0. The minimum Gasteiger partial charge on any atom is -0.388 e. The molecular weight excluding hydrogens is 240 g/mol. The normalized spacial score (nSPS) is 31.8. The minimum absolute atomic E-state index is 0.333. The van der Waals surface area contributed by atoms with Crippen LogP contribution in [0.4, 0.5) is 0 Å². The van der Waals surface area contributed by atoms with Gasteiger partial charge in [0.05, 0.1) is 6.10 Å². The molecule has 7 nitrogen and oxygen atoms in total. The number of rotatable bonds is 2. The van der Waals surface area contributed by atoms with Crippen LogP contribution >= 0.6 is 0 Å². The van der Waals surface area contributed by atoms with E-state index in [4.69, 9.17) is 4.74 Å². The molecule has 1 aliphatic rings. The third-order valence-corrected chi connectivity index (χ3v) is 3.16. The highest BCUT2D eigenvalue weighted by atomic mass is 16.6. The zero-order valence-corrected chi connectivity index (χ0v) is 10.2. The van der Waals surface area contributed by atoms with Gasteiger partial charge in [-0.25, -0.2) is 4.79 Å². The van der Waals surface area contributed by atoms with E-state index < -0.39 is 35.8 Å². The Kier molecular flexibility index (Phi) is 3.38. The van der Waals surface area contributed by atoms with Gasteiger partial charge < -0.3 is 14.9 Å². The van der Waals surface area contributed by atoms with Crippen LogP contribution in [0.2, 0.25) is 0 Å². The SMILES string of the molecule is CC[C@H]1O[C@@H](n2cc(C)c(=O)[nH]c2=O)C(O)[C@H]1O. The number of aromatic amines is 1. The van der Waals surface area contributed by atoms with Gasteiger partial charge in [-0.05, 0) is 13.3 Å². The van der Waals surface area contributed by atoms with Crippen LogP contribution in [0.25, 0.3) is 0 Å². The molecule has 4 atom stereocenters. The van der Waals surface area contributed by atoms with Crippen LogP contribution in [0.1, 0.15) is 25.1 Å². The highest BCUT2D eigenvalue weighted by Gasteiger charge is 2.43. The fourth-order valence-electron chi connectivity index (χ4n) is 2.07. The minimum atomic E-state index is -1.20. The monoisotopic (exact) mass is 256 g/mol. The molecule has 0 radical (unpaired) electrons. The molecule has 0 aromatic carbocycles. The Bertz CT molecular complexity index is 549. The fourth-order valence-corrected chi connectivity index (χ4v) is 2.07. The van der Waals surface area contributed by atoms with Crippen LogP contribution in [0, 0.1) is 6.92 Å². The predicted molar refractivity (Wildman–Crippen MR) is 62.3 cm³/mol. The lowest BCUT2D eigenvalue weighted by molar-refractivity contribution is -0.0406. The maximum Gasteiger partial charge on any atom is 0.330 e. The van der Waals surface area contributed by atoms with E-state index in [-0.39, 0.29) is 0 Å². The topological polar surface area (TPSA) is 105 Å². The fraction of sp³-hybridized carbons (Fsp3) is 0.636. The molecule has 7 heteroatoms. The van der Waals surface area contributed by atoms with Gasteiger partial charge in [-0.1, -0.05) is 6.92 Å². The van der Waals surface area contributed by atoms with Gasteiger partial charge in [0.1, 0.15) is 12.2 Å². The first-order valence-corrected chi connectivity index (χ1v) is 5.79. The van der Waals surface area contributed by atoms with E-state index in [0.717, 1.165) is 4.57 Å². The van der Waals surface area contributed by atoms with Crippen LogP contribution in [-0.2, 0) is 4.74 Å². The first-order valence-electron chi connectivity index (χ1n) is 5.79. The summed E-state index contributed by atoms with van der Waals surface area (Å²) in [5.74, 6) is 0. The van der Waals surface area contributed by atoms with E-state index in [1.54, 1.807) is 6.92 Å². The summed E-state index contributed by atoms with van der Waals surface area (Å²) < 4.78 is 6.54. The number of nitrogens with one attached hydrogen (secondary N) is 1. The molecule has 2 heterocycles. The molecule has 1 saturated heterocycles. The van der Waals surface area contributed by atoms with Crippen molar-refractivity contribution in [2.45, 2.75) is 44.8 Å². The summed E-state index contributed by atoms with van der Waals surface area (Å²) in [6.45, 7) is 3.35. The summed E-state index contributed by atoms with van der Waals surface area (Å²) in [4.78, 5) is 25.0. The average Bonchev–Trinajstić information content (AvgIpc) is 2.61. The van der Waals surface area contributed by atoms with Crippen molar-refractivity contribution in [1.29, 1.82) is 0 Å². The van der Waals surface area contributed by atoms with Gasteiger partial charge in [-0.3, -0.25) is 14.3 Å². The van der Waals surface area contributed by atoms with Crippen molar-refractivity contribution in [1.82, 2.24) is 9.55 Å². The molecular formula is C11H16N2O5. The molecule has 3 N–H and O–H groups in total. The Morgan fingerprint density at radius 2 is 2.06 bits per heavy atom. The molecule has 18 heavy (non-hydrogen) atoms. The molecule has 0 bridgehead atoms. The standard InChI is InChI=1S/C11H16N2O5/c1-3-6-7(14)8(15)10(18-6)13-4-5(2)9(16)12-11(13)17/h4,6-8,10,14-15H,3H2,1-2H3,(H,12,16,17)/t6-,7+,8?,10-/m1/s1. The average molecular weight is 256 g/mol. The van der Waals surface area contributed by atoms with Gasteiger partial charge in [0.2, 0.25) is 0 Å². The van der Waals surface area contributed by atoms with Crippen molar-refractivity contribution in [3.63, 3.8) is 0 Å². The number of hydrogen-bond donors (Lipinski definition) is 3. The van der Waals surface area contributed by atoms with Crippen molar-refractivity contribution < 1.29 is 14.9 Å². The van der Waals surface area contributed by atoms with Crippen molar-refractivity contribution in [3.05, 3.63) is 32.6 Å².